The highest BCUT2D eigenvalue weighted by Gasteiger charge is 2.11. The van der Waals surface area contributed by atoms with Crippen molar-refractivity contribution in [3.63, 3.8) is 0 Å². The number of rotatable bonds is 5. The van der Waals surface area contributed by atoms with Crippen molar-refractivity contribution in [2.24, 2.45) is 0 Å². The fourth-order valence-corrected chi connectivity index (χ4v) is 2.73. The summed E-state index contributed by atoms with van der Waals surface area (Å²) >= 11 is 1.31. The van der Waals surface area contributed by atoms with Crippen molar-refractivity contribution in [2.45, 2.75) is 32.5 Å². The average Bonchev–Trinajstić information content (AvgIpc) is 2.81. The van der Waals surface area contributed by atoms with E-state index in [1.807, 2.05) is 25.3 Å². The van der Waals surface area contributed by atoms with Gasteiger partial charge >= 0.3 is 0 Å². The highest BCUT2D eigenvalue weighted by atomic mass is 32.2. The summed E-state index contributed by atoms with van der Waals surface area (Å²) in [7, 11) is 0. The molecule has 1 aromatic heterocycles. The van der Waals surface area contributed by atoms with Crippen LogP contribution in [0.3, 0.4) is 0 Å². The van der Waals surface area contributed by atoms with E-state index in [4.69, 9.17) is 0 Å². The van der Waals surface area contributed by atoms with E-state index in [0.29, 0.717) is 10.8 Å². The highest BCUT2D eigenvalue weighted by molar-refractivity contribution is 7.99. The number of amides is 1. The second-order valence-corrected chi connectivity index (χ2v) is 5.51. The van der Waals surface area contributed by atoms with Crippen molar-refractivity contribution in [3.8, 4) is 0 Å². The van der Waals surface area contributed by atoms with Gasteiger partial charge in [0.25, 0.3) is 0 Å². The van der Waals surface area contributed by atoms with Crippen molar-refractivity contribution in [3.05, 3.63) is 35.4 Å². The maximum absolute atomic E-state index is 13.2. The number of carbonyl (C=O) groups is 1. The van der Waals surface area contributed by atoms with E-state index in [2.05, 4.69) is 15.5 Å². The Hall–Kier alpha value is -1.89. The Kier molecular flexibility index (Phi) is 4.95. The smallest absolute Gasteiger partial charge is 0.234 e. The second kappa shape index (κ2) is 6.71. The van der Waals surface area contributed by atoms with Gasteiger partial charge in [-0.15, -0.1) is 10.2 Å². The first-order valence-electron chi connectivity index (χ1n) is 6.60. The van der Waals surface area contributed by atoms with Gasteiger partial charge in [-0.3, -0.25) is 4.79 Å². The minimum atomic E-state index is -0.370. The van der Waals surface area contributed by atoms with E-state index in [1.54, 1.807) is 6.07 Å². The molecule has 0 aliphatic rings. The van der Waals surface area contributed by atoms with Gasteiger partial charge in [0.1, 0.15) is 11.6 Å². The molecule has 0 saturated heterocycles. The lowest BCUT2D eigenvalue weighted by molar-refractivity contribution is -0.113. The van der Waals surface area contributed by atoms with Gasteiger partial charge in [0, 0.05) is 12.2 Å². The molecule has 0 aliphatic carbocycles. The number of anilines is 1. The van der Waals surface area contributed by atoms with E-state index in [9.17, 15) is 9.18 Å². The van der Waals surface area contributed by atoms with Crippen LogP contribution in [0.25, 0.3) is 0 Å². The molecule has 0 saturated carbocycles. The highest BCUT2D eigenvalue weighted by Crippen LogP contribution is 2.19. The quantitative estimate of drug-likeness (QED) is 0.863. The fourth-order valence-electron chi connectivity index (χ4n) is 1.88. The maximum Gasteiger partial charge on any atom is 0.234 e. The van der Waals surface area contributed by atoms with Crippen LogP contribution in [0.1, 0.15) is 18.3 Å². The van der Waals surface area contributed by atoms with Crippen molar-refractivity contribution in [2.75, 3.05) is 11.1 Å². The van der Waals surface area contributed by atoms with Crippen LogP contribution in [0.15, 0.2) is 23.4 Å². The number of benzene rings is 1. The summed E-state index contributed by atoms with van der Waals surface area (Å²) in [5.74, 6) is 0.456. The second-order valence-electron chi connectivity index (χ2n) is 4.57. The van der Waals surface area contributed by atoms with Crippen LogP contribution in [0.2, 0.25) is 0 Å². The van der Waals surface area contributed by atoms with Crippen LogP contribution < -0.4 is 5.32 Å². The molecule has 1 amide bonds. The average molecular weight is 308 g/mol. The number of aryl methyl sites for hydroxylation is 2. The van der Waals surface area contributed by atoms with Gasteiger partial charge in [0.15, 0.2) is 5.16 Å². The summed E-state index contributed by atoms with van der Waals surface area (Å²) in [6.07, 6.45) is 0. The Morgan fingerprint density at radius 1 is 1.38 bits per heavy atom. The van der Waals surface area contributed by atoms with E-state index >= 15 is 0 Å². The minimum Gasteiger partial charge on any atom is -0.325 e. The molecule has 0 fully saturated rings. The topological polar surface area (TPSA) is 59.8 Å². The van der Waals surface area contributed by atoms with Crippen LogP contribution in [0.4, 0.5) is 10.1 Å². The standard InChI is InChI=1S/C14H17FN4OS/c1-4-19-10(3)17-18-14(19)21-8-13(20)16-12-7-11(15)6-5-9(12)2/h5-7H,4,8H2,1-3H3,(H,16,20). The van der Waals surface area contributed by atoms with E-state index in [-0.39, 0.29) is 17.5 Å². The first-order valence-corrected chi connectivity index (χ1v) is 7.58. The summed E-state index contributed by atoms with van der Waals surface area (Å²) < 4.78 is 15.1. The van der Waals surface area contributed by atoms with Crippen molar-refractivity contribution in [1.82, 2.24) is 14.8 Å². The van der Waals surface area contributed by atoms with Crippen molar-refractivity contribution < 1.29 is 9.18 Å². The summed E-state index contributed by atoms with van der Waals surface area (Å²) in [6, 6.07) is 4.32. The number of thioether (sulfide) groups is 1. The number of hydrogen-bond donors (Lipinski definition) is 1. The number of hydrogen-bond acceptors (Lipinski definition) is 4. The Balaban J connectivity index is 1.97. The molecule has 1 N–H and O–H groups in total. The third-order valence-electron chi connectivity index (χ3n) is 3.02. The number of nitrogens with one attached hydrogen (secondary N) is 1. The Bertz CT molecular complexity index is 656. The molecular formula is C14H17FN4OS. The molecule has 5 nitrogen and oxygen atoms in total. The van der Waals surface area contributed by atoms with Gasteiger partial charge < -0.3 is 9.88 Å². The third-order valence-corrected chi connectivity index (χ3v) is 3.99. The fraction of sp³-hybridized carbons (Fsp3) is 0.357. The summed E-state index contributed by atoms with van der Waals surface area (Å²) in [6.45, 7) is 6.44. The zero-order valence-corrected chi connectivity index (χ0v) is 13.0. The first kappa shape index (κ1) is 15.5. The lowest BCUT2D eigenvalue weighted by atomic mass is 10.2. The summed E-state index contributed by atoms with van der Waals surface area (Å²) in [5, 5.41) is 11.4. The predicted octanol–water partition coefficient (Wildman–Crippen LogP) is 2.78. The lowest BCUT2D eigenvalue weighted by Gasteiger charge is -2.08. The largest absolute Gasteiger partial charge is 0.325 e. The van der Waals surface area contributed by atoms with Gasteiger partial charge in [-0.25, -0.2) is 4.39 Å². The molecule has 1 aromatic carbocycles. The number of halogens is 1. The molecule has 0 unspecified atom stereocenters. The van der Waals surface area contributed by atoms with Gasteiger partial charge in [0.05, 0.1) is 5.75 Å². The third kappa shape index (κ3) is 3.81. The Morgan fingerprint density at radius 3 is 2.86 bits per heavy atom. The molecule has 0 spiro atoms. The molecule has 0 radical (unpaired) electrons. The van der Waals surface area contributed by atoms with E-state index < -0.39 is 0 Å². The van der Waals surface area contributed by atoms with Crippen LogP contribution in [0, 0.1) is 19.7 Å². The molecular weight excluding hydrogens is 291 g/mol. The minimum absolute atomic E-state index is 0.197. The normalized spacial score (nSPS) is 10.7. The van der Waals surface area contributed by atoms with Gasteiger partial charge in [0.2, 0.25) is 5.91 Å². The van der Waals surface area contributed by atoms with Crippen LogP contribution in [0.5, 0.6) is 0 Å². The molecule has 112 valence electrons. The van der Waals surface area contributed by atoms with Crippen molar-refractivity contribution in [1.29, 1.82) is 0 Å². The lowest BCUT2D eigenvalue weighted by Crippen LogP contribution is -2.15. The zero-order chi connectivity index (χ0) is 15.4. The zero-order valence-electron chi connectivity index (χ0n) is 12.2. The monoisotopic (exact) mass is 308 g/mol. The molecule has 0 bridgehead atoms. The molecule has 2 aromatic rings. The van der Waals surface area contributed by atoms with Crippen LogP contribution in [-0.4, -0.2) is 26.4 Å². The van der Waals surface area contributed by atoms with Gasteiger partial charge in [-0.1, -0.05) is 17.8 Å². The Labute approximate surface area is 127 Å². The molecule has 0 atom stereocenters. The number of aromatic nitrogens is 3. The molecule has 0 aliphatic heterocycles. The SMILES string of the molecule is CCn1c(C)nnc1SCC(=O)Nc1cc(F)ccc1C. The summed E-state index contributed by atoms with van der Waals surface area (Å²) in [4.78, 5) is 11.9. The summed E-state index contributed by atoms with van der Waals surface area (Å²) in [5.41, 5.74) is 1.32. The molecule has 7 heteroatoms. The first-order chi connectivity index (χ1) is 10.0. The van der Waals surface area contributed by atoms with E-state index in [1.165, 1.54) is 23.9 Å². The van der Waals surface area contributed by atoms with Crippen LogP contribution >= 0.6 is 11.8 Å². The molecule has 21 heavy (non-hydrogen) atoms. The maximum atomic E-state index is 13.2. The molecule has 1 heterocycles. The van der Waals surface area contributed by atoms with Gasteiger partial charge in [-0.05, 0) is 38.5 Å². The van der Waals surface area contributed by atoms with E-state index in [0.717, 1.165) is 17.9 Å². The number of nitrogens with zero attached hydrogens (tertiary/aromatic N) is 3. The van der Waals surface area contributed by atoms with Crippen LogP contribution in [-0.2, 0) is 11.3 Å². The predicted molar refractivity (Wildman–Crippen MR) is 80.9 cm³/mol. The Morgan fingerprint density at radius 2 is 2.14 bits per heavy atom. The molecule has 2 rings (SSSR count). The van der Waals surface area contributed by atoms with Crippen molar-refractivity contribution >= 4 is 23.4 Å². The number of carbonyl (C=O) groups excluding carboxylic acids is 1. The van der Waals surface area contributed by atoms with Gasteiger partial charge in [-0.2, -0.15) is 0 Å².